The largest absolute Gasteiger partial charge is 0.297 e. The Morgan fingerprint density at radius 1 is 1.04 bits per heavy atom. The van der Waals surface area contributed by atoms with Crippen molar-refractivity contribution in [2.24, 2.45) is 0 Å². The number of likely N-dealkylation sites (tertiary alicyclic amines) is 1. The van der Waals surface area contributed by atoms with Crippen LogP contribution in [0.1, 0.15) is 47.1 Å². The Hall–Kier alpha value is -2.40. The van der Waals surface area contributed by atoms with Crippen LogP contribution in [-0.2, 0) is 13.0 Å². The minimum Gasteiger partial charge on any atom is -0.297 e. The fraction of sp³-hybridized carbons (Fsp3) is 0.400. The molecular formula is C20H25N5. The van der Waals surface area contributed by atoms with Crippen molar-refractivity contribution >= 4 is 0 Å². The number of hydrogen-bond donors (Lipinski definition) is 2. The first kappa shape index (κ1) is 16.1. The van der Waals surface area contributed by atoms with Crippen molar-refractivity contribution < 1.29 is 0 Å². The van der Waals surface area contributed by atoms with Gasteiger partial charge in [0.25, 0.3) is 0 Å². The molecule has 0 aliphatic carbocycles. The van der Waals surface area contributed by atoms with Crippen LogP contribution in [0.3, 0.4) is 0 Å². The van der Waals surface area contributed by atoms with Gasteiger partial charge in [-0.2, -0.15) is 10.2 Å². The molecule has 1 saturated heterocycles. The van der Waals surface area contributed by atoms with Gasteiger partial charge in [-0.1, -0.05) is 30.3 Å². The lowest BCUT2D eigenvalue weighted by Crippen LogP contribution is -2.32. The number of rotatable bonds is 5. The van der Waals surface area contributed by atoms with Crippen LogP contribution in [0.25, 0.3) is 0 Å². The molecule has 130 valence electrons. The van der Waals surface area contributed by atoms with E-state index in [2.05, 4.69) is 67.8 Å². The molecule has 0 radical (unpaired) electrons. The minimum atomic E-state index is 0.568. The summed E-state index contributed by atoms with van der Waals surface area (Å²) in [5, 5.41) is 15.2. The summed E-state index contributed by atoms with van der Waals surface area (Å²) in [6.07, 6.45) is 3.25. The third-order valence-electron chi connectivity index (χ3n) is 5.04. The molecule has 0 unspecified atom stereocenters. The summed E-state index contributed by atoms with van der Waals surface area (Å²) in [7, 11) is 0. The number of nitrogens with zero attached hydrogens (tertiary/aromatic N) is 3. The molecule has 0 bridgehead atoms. The molecule has 1 aromatic carbocycles. The maximum atomic E-state index is 4.59. The summed E-state index contributed by atoms with van der Waals surface area (Å²) in [5.74, 6) is 0.568. The number of nitrogens with one attached hydrogen (secondary N) is 2. The van der Waals surface area contributed by atoms with Crippen LogP contribution in [0.5, 0.6) is 0 Å². The van der Waals surface area contributed by atoms with Gasteiger partial charge in [0.1, 0.15) is 0 Å². The van der Waals surface area contributed by atoms with Crippen LogP contribution in [0, 0.1) is 6.92 Å². The normalized spacial score (nSPS) is 16.4. The Labute approximate surface area is 148 Å². The van der Waals surface area contributed by atoms with Crippen molar-refractivity contribution in [3.63, 3.8) is 0 Å². The summed E-state index contributed by atoms with van der Waals surface area (Å²) in [6, 6.07) is 14.9. The number of aromatic amines is 2. The second-order valence-corrected chi connectivity index (χ2v) is 7.07. The van der Waals surface area contributed by atoms with E-state index in [9.17, 15) is 0 Å². The Morgan fingerprint density at radius 3 is 2.56 bits per heavy atom. The maximum absolute atomic E-state index is 4.59. The highest BCUT2D eigenvalue weighted by Gasteiger charge is 2.23. The van der Waals surface area contributed by atoms with E-state index in [1.807, 2.05) is 6.92 Å². The summed E-state index contributed by atoms with van der Waals surface area (Å²) in [5.41, 5.74) is 6.02. The summed E-state index contributed by atoms with van der Waals surface area (Å²) >= 11 is 0. The van der Waals surface area contributed by atoms with Gasteiger partial charge >= 0.3 is 0 Å². The molecule has 0 saturated carbocycles. The van der Waals surface area contributed by atoms with Gasteiger partial charge in [-0.3, -0.25) is 15.1 Å². The lowest BCUT2D eigenvalue weighted by molar-refractivity contribution is 0.201. The smallest absolute Gasteiger partial charge is 0.0765 e. The van der Waals surface area contributed by atoms with Crippen LogP contribution in [0.4, 0.5) is 0 Å². The average Bonchev–Trinajstić information content (AvgIpc) is 3.26. The zero-order chi connectivity index (χ0) is 17.1. The van der Waals surface area contributed by atoms with E-state index in [4.69, 9.17) is 0 Å². The predicted octanol–water partition coefficient (Wildman–Crippen LogP) is 3.41. The van der Waals surface area contributed by atoms with Crippen LogP contribution in [0.15, 0.2) is 42.5 Å². The predicted molar refractivity (Wildman–Crippen MR) is 98.4 cm³/mol. The molecule has 1 aliphatic heterocycles. The molecule has 2 aromatic heterocycles. The molecule has 0 atom stereocenters. The van der Waals surface area contributed by atoms with Gasteiger partial charge in [0.15, 0.2) is 0 Å². The van der Waals surface area contributed by atoms with E-state index in [1.165, 1.54) is 29.8 Å². The molecular weight excluding hydrogens is 310 g/mol. The monoisotopic (exact) mass is 335 g/mol. The molecule has 0 amide bonds. The van der Waals surface area contributed by atoms with Gasteiger partial charge in [-0.25, -0.2) is 0 Å². The molecule has 5 nitrogen and oxygen atoms in total. The summed E-state index contributed by atoms with van der Waals surface area (Å²) in [6.45, 7) is 5.21. The van der Waals surface area contributed by atoms with Crippen molar-refractivity contribution in [3.05, 3.63) is 70.8 Å². The van der Waals surface area contributed by atoms with Crippen LogP contribution in [-0.4, -0.2) is 38.4 Å². The summed E-state index contributed by atoms with van der Waals surface area (Å²) < 4.78 is 0. The third kappa shape index (κ3) is 3.99. The second kappa shape index (κ2) is 7.23. The fourth-order valence-corrected chi connectivity index (χ4v) is 3.67. The van der Waals surface area contributed by atoms with E-state index in [1.54, 1.807) is 0 Å². The Balaban J connectivity index is 1.32. The van der Waals surface area contributed by atoms with Crippen molar-refractivity contribution in [2.45, 2.75) is 38.6 Å². The molecule has 5 heteroatoms. The highest BCUT2D eigenvalue weighted by molar-refractivity contribution is 5.23. The van der Waals surface area contributed by atoms with E-state index in [0.29, 0.717) is 5.92 Å². The number of H-pyrrole nitrogens is 2. The summed E-state index contributed by atoms with van der Waals surface area (Å²) in [4.78, 5) is 2.49. The molecule has 3 heterocycles. The average molecular weight is 335 g/mol. The minimum absolute atomic E-state index is 0.568. The quantitative estimate of drug-likeness (QED) is 0.751. The third-order valence-corrected chi connectivity index (χ3v) is 5.04. The number of benzene rings is 1. The second-order valence-electron chi connectivity index (χ2n) is 7.07. The standard InChI is InChI=1S/C20H25N5/c1-15-11-19(23-21-15)14-25-9-7-17(8-10-25)20-13-18(22-24-20)12-16-5-3-2-4-6-16/h2-6,11,13,17H,7-10,12,14H2,1H3,(H,21,23)(H,22,24). The van der Waals surface area contributed by atoms with Gasteiger partial charge in [0, 0.05) is 30.3 Å². The first-order valence-corrected chi connectivity index (χ1v) is 9.07. The van der Waals surface area contributed by atoms with Gasteiger partial charge < -0.3 is 0 Å². The Morgan fingerprint density at radius 2 is 1.84 bits per heavy atom. The van der Waals surface area contributed by atoms with Gasteiger partial charge in [-0.15, -0.1) is 0 Å². The number of hydrogen-bond acceptors (Lipinski definition) is 3. The van der Waals surface area contributed by atoms with Crippen LogP contribution < -0.4 is 0 Å². The highest BCUT2D eigenvalue weighted by atomic mass is 15.2. The molecule has 3 aromatic rings. The molecule has 2 N–H and O–H groups in total. The maximum Gasteiger partial charge on any atom is 0.0765 e. The lowest BCUT2D eigenvalue weighted by Gasteiger charge is -2.30. The van der Waals surface area contributed by atoms with Crippen molar-refractivity contribution in [3.8, 4) is 0 Å². The fourth-order valence-electron chi connectivity index (χ4n) is 3.67. The lowest BCUT2D eigenvalue weighted by atomic mass is 9.93. The topological polar surface area (TPSA) is 60.6 Å². The number of aryl methyl sites for hydroxylation is 1. The first-order chi connectivity index (χ1) is 12.3. The number of aromatic nitrogens is 4. The van der Waals surface area contributed by atoms with Gasteiger partial charge in [0.05, 0.1) is 11.4 Å². The molecule has 0 spiro atoms. The van der Waals surface area contributed by atoms with Crippen molar-refractivity contribution in [1.29, 1.82) is 0 Å². The highest BCUT2D eigenvalue weighted by Crippen LogP contribution is 2.28. The van der Waals surface area contributed by atoms with Gasteiger partial charge in [-0.05, 0) is 50.6 Å². The molecule has 1 fully saturated rings. The van der Waals surface area contributed by atoms with Gasteiger partial charge in [0.2, 0.25) is 0 Å². The zero-order valence-electron chi connectivity index (χ0n) is 14.7. The Bertz CT molecular complexity index is 796. The van der Waals surface area contributed by atoms with Crippen molar-refractivity contribution in [2.75, 3.05) is 13.1 Å². The van der Waals surface area contributed by atoms with E-state index in [-0.39, 0.29) is 0 Å². The Kier molecular flexibility index (Phi) is 4.65. The number of piperidine rings is 1. The zero-order valence-corrected chi connectivity index (χ0v) is 14.7. The van der Waals surface area contributed by atoms with E-state index < -0.39 is 0 Å². The van der Waals surface area contributed by atoms with Crippen molar-refractivity contribution in [1.82, 2.24) is 25.3 Å². The van der Waals surface area contributed by atoms with Crippen LogP contribution in [0.2, 0.25) is 0 Å². The first-order valence-electron chi connectivity index (χ1n) is 9.07. The van der Waals surface area contributed by atoms with Crippen LogP contribution >= 0.6 is 0 Å². The molecule has 1 aliphatic rings. The van der Waals surface area contributed by atoms with E-state index in [0.717, 1.165) is 37.4 Å². The SMILES string of the molecule is Cc1cc(CN2CCC(c3cc(Cc4ccccc4)[nH]n3)CC2)n[nH]1. The molecule has 25 heavy (non-hydrogen) atoms. The van der Waals surface area contributed by atoms with E-state index >= 15 is 0 Å². The molecule has 4 rings (SSSR count).